The maximum absolute atomic E-state index is 12.5. The van der Waals surface area contributed by atoms with E-state index in [-0.39, 0.29) is 18.6 Å². The molecule has 2 aromatic carbocycles. The average Bonchev–Trinajstić information content (AvgIpc) is 3.37. The Morgan fingerprint density at radius 2 is 2.00 bits per heavy atom. The number of rotatable bonds is 5. The summed E-state index contributed by atoms with van der Waals surface area (Å²) in [5, 5.41) is 9.41. The summed E-state index contributed by atoms with van der Waals surface area (Å²) in [6, 6.07) is 14.9. The van der Waals surface area contributed by atoms with Gasteiger partial charge < -0.3 is 9.64 Å². The Morgan fingerprint density at radius 1 is 1.18 bits per heavy atom. The number of aromatic nitrogens is 3. The maximum atomic E-state index is 12.5. The van der Waals surface area contributed by atoms with Gasteiger partial charge in [-0.2, -0.15) is 0 Å². The fourth-order valence-electron chi connectivity index (χ4n) is 3.20. The topological polar surface area (TPSA) is 60.2 Å². The lowest BCUT2D eigenvalue weighted by Gasteiger charge is -2.17. The van der Waals surface area contributed by atoms with Crippen LogP contribution in [0.5, 0.6) is 5.75 Å². The third kappa shape index (κ3) is 4.13. The summed E-state index contributed by atoms with van der Waals surface area (Å²) in [5.41, 5.74) is 1.85. The van der Waals surface area contributed by atoms with E-state index in [4.69, 9.17) is 27.9 Å². The molecule has 6 nitrogen and oxygen atoms in total. The Morgan fingerprint density at radius 3 is 2.79 bits per heavy atom. The van der Waals surface area contributed by atoms with Crippen molar-refractivity contribution in [2.24, 2.45) is 0 Å². The molecule has 1 atom stereocenters. The van der Waals surface area contributed by atoms with Gasteiger partial charge in [0.15, 0.2) is 6.61 Å². The van der Waals surface area contributed by atoms with Gasteiger partial charge >= 0.3 is 0 Å². The molecule has 3 aromatic rings. The second-order valence-electron chi connectivity index (χ2n) is 6.60. The first-order chi connectivity index (χ1) is 13.6. The minimum Gasteiger partial charge on any atom is -0.482 e. The lowest BCUT2D eigenvalue weighted by molar-refractivity contribution is -0.132. The van der Waals surface area contributed by atoms with Crippen molar-refractivity contribution in [3.8, 4) is 17.0 Å². The SMILES string of the molecule is O=C(COc1ccc(Cl)cc1Cl)N1CCC(n2cc(-c3ccccc3)nn2)C1. The average molecular weight is 417 g/mol. The van der Waals surface area contributed by atoms with Crippen LogP contribution in [0.15, 0.2) is 54.7 Å². The smallest absolute Gasteiger partial charge is 0.260 e. The van der Waals surface area contributed by atoms with Crippen molar-refractivity contribution in [1.82, 2.24) is 19.9 Å². The predicted octanol–water partition coefficient (Wildman–Crippen LogP) is 4.10. The van der Waals surface area contributed by atoms with Gasteiger partial charge in [-0.1, -0.05) is 58.7 Å². The van der Waals surface area contributed by atoms with E-state index in [0.29, 0.717) is 28.9 Å². The number of benzene rings is 2. The first kappa shape index (κ1) is 18.8. The van der Waals surface area contributed by atoms with E-state index >= 15 is 0 Å². The Kier molecular flexibility index (Phi) is 5.50. The van der Waals surface area contributed by atoms with Crippen LogP contribution in [0.3, 0.4) is 0 Å². The molecule has 0 bridgehead atoms. The largest absolute Gasteiger partial charge is 0.482 e. The maximum Gasteiger partial charge on any atom is 0.260 e. The highest BCUT2D eigenvalue weighted by atomic mass is 35.5. The number of hydrogen-bond acceptors (Lipinski definition) is 4. The van der Waals surface area contributed by atoms with Crippen molar-refractivity contribution >= 4 is 29.1 Å². The number of carbonyl (C=O) groups is 1. The summed E-state index contributed by atoms with van der Waals surface area (Å²) in [4.78, 5) is 14.3. The van der Waals surface area contributed by atoms with Crippen molar-refractivity contribution in [3.63, 3.8) is 0 Å². The first-order valence-electron chi connectivity index (χ1n) is 8.93. The molecule has 1 saturated heterocycles. The predicted molar refractivity (Wildman–Crippen MR) is 108 cm³/mol. The van der Waals surface area contributed by atoms with Gasteiger partial charge in [0.25, 0.3) is 5.91 Å². The van der Waals surface area contributed by atoms with Crippen LogP contribution in [0, 0.1) is 0 Å². The molecule has 1 aromatic heterocycles. The number of hydrogen-bond donors (Lipinski definition) is 0. The lowest BCUT2D eigenvalue weighted by Crippen LogP contribution is -2.33. The molecule has 0 saturated carbocycles. The molecule has 28 heavy (non-hydrogen) atoms. The summed E-state index contributed by atoms with van der Waals surface area (Å²) >= 11 is 11.9. The van der Waals surface area contributed by atoms with Crippen molar-refractivity contribution < 1.29 is 9.53 Å². The van der Waals surface area contributed by atoms with Gasteiger partial charge in [-0.3, -0.25) is 4.79 Å². The summed E-state index contributed by atoms with van der Waals surface area (Å²) in [6.45, 7) is 1.16. The van der Waals surface area contributed by atoms with Crippen LogP contribution >= 0.6 is 23.2 Å². The second kappa shape index (κ2) is 8.20. The molecule has 2 heterocycles. The van der Waals surface area contributed by atoms with E-state index in [1.807, 2.05) is 41.2 Å². The fraction of sp³-hybridized carbons (Fsp3) is 0.250. The highest BCUT2D eigenvalue weighted by Crippen LogP contribution is 2.28. The van der Waals surface area contributed by atoms with Crippen LogP contribution in [-0.4, -0.2) is 45.5 Å². The van der Waals surface area contributed by atoms with Gasteiger partial charge in [0.05, 0.1) is 17.3 Å². The van der Waals surface area contributed by atoms with E-state index in [1.165, 1.54) is 0 Å². The lowest BCUT2D eigenvalue weighted by atomic mass is 10.2. The minimum atomic E-state index is -0.0862. The Balaban J connectivity index is 1.35. The molecular formula is C20H18Cl2N4O2. The van der Waals surface area contributed by atoms with Gasteiger partial charge in [0.1, 0.15) is 11.4 Å². The third-order valence-electron chi connectivity index (χ3n) is 4.72. The molecule has 8 heteroatoms. The van der Waals surface area contributed by atoms with E-state index < -0.39 is 0 Å². The molecule has 1 unspecified atom stereocenters. The van der Waals surface area contributed by atoms with E-state index in [9.17, 15) is 4.79 Å². The summed E-state index contributed by atoms with van der Waals surface area (Å²) < 4.78 is 7.39. The monoisotopic (exact) mass is 416 g/mol. The zero-order valence-electron chi connectivity index (χ0n) is 15.0. The van der Waals surface area contributed by atoms with Gasteiger partial charge in [0, 0.05) is 23.7 Å². The van der Waals surface area contributed by atoms with Crippen molar-refractivity contribution in [1.29, 1.82) is 0 Å². The van der Waals surface area contributed by atoms with Gasteiger partial charge in [-0.25, -0.2) is 4.68 Å². The molecule has 0 aliphatic carbocycles. The van der Waals surface area contributed by atoms with Crippen LogP contribution in [0.2, 0.25) is 10.0 Å². The van der Waals surface area contributed by atoms with E-state index in [2.05, 4.69) is 10.3 Å². The number of likely N-dealkylation sites (tertiary alicyclic amines) is 1. The number of amides is 1. The number of ether oxygens (including phenoxy) is 1. The minimum absolute atomic E-state index is 0.0688. The molecular weight excluding hydrogens is 399 g/mol. The molecule has 1 aliphatic rings. The van der Waals surface area contributed by atoms with E-state index in [0.717, 1.165) is 17.7 Å². The molecule has 1 aliphatic heterocycles. The molecule has 1 amide bonds. The Hall–Kier alpha value is -2.57. The van der Waals surface area contributed by atoms with Crippen LogP contribution in [0.25, 0.3) is 11.3 Å². The molecule has 0 radical (unpaired) electrons. The normalized spacial score (nSPS) is 16.4. The summed E-state index contributed by atoms with van der Waals surface area (Å²) in [7, 11) is 0. The van der Waals surface area contributed by atoms with Crippen molar-refractivity contribution in [2.45, 2.75) is 12.5 Å². The molecule has 0 N–H and O–H groups in total. The zero-order chi connectivity index (χ0) is 19.5. The highest BCUT2D eigenvalue weighted by molar-refractivity contribution is 6.35. The van der Waals surface area contributed by atoms with E-state index in [1.54, 1.807) is 23.1 Å². The van der Waals surface area contributed by atoms with Crippen molar-refractivity contribution in [3.05, 3.63) is 64.8 Å². The molecule has 0 spiro atoms. The molecule has 4 rings (SSSR count). The van der Waals surface area contributed by atoms with Gasteiger partial charge in [-0.15, -0.1) is 5.10 Å². The standard InChI is InChI=1S/C20H18Cl2N4O2/c21-15-6-7-19(17(22)10-15)28-13-20(27)25-9-8-16(11-25)26-12-18(23-24-26)14-4-2-1-3-5-14/h1-7,10,12,16H,8-9,11,13H2. The van der Waals surface area contributed by atoms with Crippen molar-refractivity contribution in [2.75, 3.05) is 19.7 Å². The van der Waals surface area contributed by atoms with Crippen LogP contribution in [0.1, 0.15) is 12.5 Å². The highest BCUT2D eigenvalue weighted by Gasteiger charge is 2.28. The fourth-order valence-corrected chi connectivity index (χ4v) is 3.67. The summed E-state index contributed by atoms with van der Waals surface area (Å²) in [6.07, 6.45) is 2.75. The Labute approximate surface area is 172 Å². The number of carbonyl (C=O) groups excluding carboxylic acids is 1. The zero-order valence-corrected chi connectivity index (χ0v) is 16.5. The van der Waals surface area contributed by atoms with Gasteiger partial charge in [0.2, 0.25) is 0 Å². The van der Waals surface area contributed by atoms with Gasteiger partial charge in [-0.05, 0) is 24.6 Å². The van der Waals surface area contributed by atoms with Crippen LogP contribution in [-0.2, 0) is 4.79 Å². The second-order valence-corrected chi connectivity index (χ2v) is 7.44. The van der Waals surface area contributed by atoms with Crippen LogP contribution in [0.4, 0.5) is 0 Å². The quantitative estimate of drug-likeness (QED) is 0.627. The molecule has 1 fully saturated rings. The number of nitrogens with zero attached hydrogens (tertiary/aromatic N) is 4. The Bertz CT molecular complexity index is 977. The third-order valence-corrected chi connectivity index (χ3v) is 5.25. The molecule has 144 valence electrons. The van der Waals surface area contributed by atoms with Crippen LogP contribution < -0.4 is 4.74 Å². The summed E-state index contributed by atoms with van der Waals surface area (Å²) in [5.74, 6) is 0.357. The number of halogens is 2. The first-order valence-corrected chi connectivity index (χ1v) is 9.68.